The van der Waals surface area contributed by atoms with Crippen LogP contribution in [0.15, 0.2) is 36.4 Å². The second kappa shape index (κ2) is 12.1. The third-order valence-corrected chi connectivity index (χ3v) is 6.44. The van der Waals surface area contributed by atoms with Gasteiger partial charge in [0.1, 0.15) is 11.6 Å². The van der Waals surface area contributed by atoms with Crippen LogP contribution in [0.3, 0.4) is 0 Å². The van der Waals surface area contributed by atoms with Gasteiger partial charge in [-0.2, -0.15) is 0 Å². The number of nitrogens with one attached hydrogen (secondary N) is 1. The molecule has 2 aromatic carbocycles. The van der Waals surface area contributed by atoms with Gasteiger partial charge in [-0.15, -0.1) is 0 Å². The third-order valence-electron chi connectivity index (χ3n) is 5.84. The van der Waals surface area contributed by atoms with Crippen LogP contribution in [0.2, 0.25) is 5.02 Å². The number of amides is 1. The molecule has 0 bridgehead atoms. The normalized spacial score (nSPS) is 11.3. The number of hydrogen-bond donors (Lipinski definition) is 1. The Kier molecular flexibility index (Phi) is 9.19. The van der Waals surface area contributed by atoms with Gasteiger partial charge in [0.25, 0.3) is 0 Å². The Balaban J connectivity index is 1.52. The summed E-state index contributed by atoms with van der Waals surface area (Å²) >= 11 is 6.26. The number of aryl methyl sites for hydroxylation is 4. The highest BCUT2D eigenvalue weighted by Gasteiger charge is 2.11. The molecule has 3 aromatic rings. The van der Waals surface area contributed by atoms with Crippen LogP contribution in [0, 0.1) is 19.8 Å². The van der Waals surface area contributed by atoms with Gasteiger partial charge < -0.3 is 14.6 Å². The van der Waals surface area contributed by atoms with Crippen LogP contribution in [0.25, 0.3) is 11.0 Å². The topological polar surface area (TPSA) is 56.1 Å². The number of halogens is 1. The molecule has 5 nitrogen and oxygen atoms in total. The van der Waals surface area contributed by atoms with Crippen LogP contribution in [0.4, 0.5) is 0 Å². The molecule has 0 aliphatic rings. The van der Waals surface area contributed by atoms with Crippen LogP contribution in [0.1, 0.15) is 56.5 Å². The first-order valence-electron chi connectivity index (χ1n) is 12.0. The first-order chi connectivity index (χ1) is 15.9. The summed E-state index contributed by atoms with van der Waals surface area (Å²) in [6.07, 6.45) is 4.95. The van der Waals surface area contributed by atoms with Crippen molar-refractivity contribution >= 4 is 28.5 Å². The number of hydrogen-bond acceptors (Lipinski definition) is 3. The molecule has 0 radical (unpaired) electrons. The molecule has 0 unspecified atom stereocenters. The second-order valence-electron chi connectivity index (χ2n) is 9.00. The summed E-state index contributed by atoms with van der Waals surface area (Å²) < 4.78 is 8.34. The first kappa shape index (κ1) is 25.1. The van der Waals surface area contributed by atoms with E-state index >= 15 is 0 Å². The lowest BCUT2D eigenvalue weighted by Crippen LogP contribution is -2.28. The molecule has 0 aliphatic heterocycles. The van der Waals surface area contributed by atoms with Crippen molar-refractivity contribution in [2.24, 2.45) is 5.92 Å². The van der Waals surface area contributed by atoms with E-state index in [0.717, 1.165) is 78.4 Å². The molecule has 0 atom stereocenters. The van der Waals surface area contributed by atoms with E-state index in [0.29, 0.717) is 6.61 Å². The van der Waals surface area contributed by atoms with Gasteiger partial charge in [-0.25, -0.2) is 4.98 Å². The van der Waals surface area contributed by atoms with Crippen molar-refractivity contribution in [3.05, 3.63) is 58.4 Å². The number of aromatic nitrogens is 2. The van der Waals surface area contributed by atoms with E-state index < -0.39 is 0 Å². The Hall–Kier alpha value is -2.53. The minimum Gasteiger partial charge on any atom is -0.494 e. The van der Waals surface area contributed by atoms with Crippen molar-refractivity contribution in [3.63, 3.8) is 0 Å². The van der Waals surface area contributed by atoms with Gasteiger partial charge in [-0.05, 0) is 68.5 Å². The number of benzene rings is 2. The predicted octanol–water partition coefficient (Wildman–Crippen LogP) is 6.26. The second-order valence-corrected chi connectivity index (χ2v) is 9.38. The van der Waals surface area contributed by atoms with Crippen molar-refractivity contribution in [3.8, 4) is 5.75 Å². The van der Waals surface area contributed by atoms with Crippen molar-refractivity contribution in [1.82, 2.24) is 14.9 Å². The van der Waals surface area contributed by atoms with E-state index in [4.69, 9.17) is 21.3 Å². The number of fused-ring (bicyclic) bond motifs is 1. The summed E-state index contributed by atoms with van der Waals surface area (Å²) in [5, 5.41) is 3.80. The van der Waals surface area contributed by atoms with Gasteiger partial charge in [0.15, 0.2) is 0 Å². The molecule has 1 aromatic heterocycles. The SMILES string of the molecule is Cc1cc(OCCCn2c(CCCCCNC(=O)C(C)C)nc3ccccc32)cc(C)c1Cl. The van der Waals surface area contributed by atoms with Gasteiger partial charge in [0, 0.05) is 30.5 Å². The molecule has 0 saturated carbocycles. The maximum Gasteiger partial charge on any atom is 0.222 e. The number of nitrogens with zero attached hydrogens (tertiary/aromatic N) is 2. The van der Waals surface area contributed by atoms with Gasteiger partial charge in [0.05, 0.1) is 17.6 Å². The van der Waals surface area contributed by atoms with Crippen LogP contribution in [-0.4, -0.2) is 28.6 Å². The molecule has 1 heterocycles. The average molecular weight is 470 g/mol. The Bertz CT molecular complexity index is 1050. The van der Waals surface area contributed by atoms with Gasteiger partial charge in [-0.1, -0.05) is 44.0 Å². The van der Waals surface area contributed by atoms with Crippen molar-refractivity contribution in [1.29, 1.82) is 0 Å². The molecule has 0 aliphatic carbocycles. The van der Waals surface area contributed by atoms with E-state index in [1.807, 2.05) is 45.9 Å². The Morgan fingerprint density at radius 3 is 2.55 bits per heavy atom. The van der Waals surface area contributed by atoms with Crippen molar-refractivity contribution in [2.45, 2.75) is 66.3 Å². The molecule has 0 spiro atoms. The average Bonchev–Trinajstić information content (AvgIpc) is 3.14. The zero-order valence-electron chi connectivity index (χ0n) is 20.3. The molecule has 3 rings (SSSR count). The fourth-order valence-corrected chi connectivity index (χ4v) is 4.08. The van der Waals surface area contributed by atoms with E-state index in [-0.39, 0.29) is 11.8 Å². The molecule has 33 heavy (non-hydrogen) atoms. The highest BCUT2D eigenvalue weighted by Crippen LogP contribution is 2.26. The fourth-order valence-electron chi connectivity index (χ4n) is 3.97. The quantitative estimate of drug-likeness (QED) is 0.318. The van der Waals surface area contributed by atoms with Crippen LogP contribution < -0.4 is 10.1 Å². The van der Waals surface area contributed by atoms with Crippen LogP contribution in [-0.2, 0) is 17.8 Å². The molecule has 1 N–H and O–H groups in total. The Morgan fingerprint density at radius 1 is 1.09 bits per heavy atom. The summed E-state index contributed by atoms with van der Waals surface area (Å²) in [4.78, 5) is 16.6. The molecule has 1 amide bonds. The monoisotopic (exact) mass is 469 g/mol. The summed E-state index contributed by atoms with van der Waals surface area (Å²) in [7, 11) is 0. The number of ether oxygens (including phenoxy) is 1. The lowest BCUT2D eigenvalue weighted by Gasteiger charge is -2.12. The van der Waals surface area contributed by atoms with Gasteiger partial charge >= 0.3 is 0 Å². The van der Waals surface area contributed by atoms with E-state index in [1.54, 1.807) is 0 Å². The highest BCUT2D eigenvalue weighted by atomic mass is 35.5. The first-order valence-corrected chi connectivity index (χ1v) is 12.4. The zero-order valence-corrected chi connectivity index (χ0v) is 21.0. The summed E-state index contributed by atoms with van der Waals surface area (Å²) in [5.41, 5.74) is 4.30. The predicted molar refractivity (Wildman–Crippen MR) is 136 cm³/mol. The van der Waals surface area contributed by atoms with E-state index in [1.165, 1.54) is 5.52 Å². The largest absolute Gasteiger partial charge is 0.494 e. The lowest BCUT2D eigenvalue weighted by atomic mass is 10.1. The molecular weight excluding hydrogens is 434 g/mol. The minimum absolute atomic E-state index is 0.0432. The van der Waals surface area contributed by atoms with Crippen molar-refractivity contribution in [2.75, 3.05) is 13.2 Å². The van der Waals surface area contributed by atoms with Crippen LogP contribution in [0.5, 0.6) is 5.75 Å². The minimum atomic E-state index is 0.0432. The molecule has 0 fully saturated rings. The van der Waals surface area contributed by atoms with Gasteiger partial charge in [-0.3, -0.25) is 4.79 Å². The fraction of sp³-hybridized carbons (Fsp3) is 0.481. The van der Waals surface area contributed by atoms with Gasteiger partial charge in [0.2, 0.25) is 5.91 Å². The molecule has 178 valence electrons. The third kappa shape index (κ3) is 6.97. The summed E-state index contributed by atoms with van der Waals surface area (Å²) in [5.74, 6) is 2.17. The standard InChI is InChI=1S/C27H36ClN3O2/c1-19(2)27(32)29-14-9-5-6-13-25-30-23-11-7-8-12-24(23)31(25)15-10-16-33-22-17-20(3)26(28)21(4)18-22/h7-8,11-12,17-19H,5-6,9-10,13-16H2,1-4H3,(H,29,32). The number of carbonyl (C=O) groups is 1. The smallest absolute Gasteiger partial charge is 0.222 e. The summed E-state index contributed by atoms with van der Waals surface area (Å²) in [6.45, 7) is 10.1. The van der Waals surface area contributed by atoms with E-state index in [2.05, 4.69) is 28.1 Å². The summed E-state index contributed by atoms with van der Waals surface area (Å²) in [6, 6.07) is 12.3. The Morgan fingerprint density at radius 2 is 1.82 bits per heavy atom. The maximum atomic E-state index is 11.7. The molecule has 0 saturated heterocycles. The number of carbonyl (C=O) groups excluding carboxylic acids is 1. The number of unbranched alkanes of at least 4 members (excludes halogenated alkanes) is 2. The number of para-hydroxylation sites is 2. The van der Waals surface area contributed by atoms with Crippen LogP contribution >= 0.6 is 11.6 Å². The highest BCUT2D eigenvalue weighted by molar-refractivity contribution is 6.32. The van der Waals surface area contributed by atoms with E-state index in [9.17, 15) is 4.79 Å². The van der Waals surface area contributed by atoms with Crippen molar-refractivity contribution < 1.29 is 9.53 Å². The Labute approximate surface area is 202 Å². The maximum absolute atomic E-state index is 11.7. The lowest BCUT2D eigenvalue weighted by molar-refractivity contribution is -0.123. The number of rotatable bonds is 12. The molecular formula is C27H36ClN3O2. The zero-order chi connectivity index (χ0) is 23.8. The molecule has 6 heteroatoms. The number of imidazole rings is 1.